The third-order valence-corrected chi connectivity index (χ3v) is 6.62. The summed E-state index contributed by atoms with van der Waals surface area (Å²) in [6.45, 7) is 0.990. The van der Waals surface area contributed by atoms with Crippen molar-refractivity contribution in [2.75, 3.05) is 19.6 Å². The Morgan fingerprint density at radius 3 is 2.68 bits per heavy atom. The van der Waals surface area contributed by atoms with E-state index in [0.717, 1.165) is 30.7 Å². The van der Waals surface area contributed by atoms with Gasteiger partial charge >= 0.3 is 6.18 Å². The van der Waals surface area contributed by atoms with Crippen LogP contribution in [0.5, 0.6) is 5.88 Å². The van der Waals surface area contributed by atoms with Gasteiger partial charge in [0.2, 0.25) is 17.7 Å². The Balaban J connectivity index is 1.21. The average molecular weight is 474 g/mol. The maximum absolute atomic E-state index is 13.0. The molecule has 34 heavy (non-hydrogen) atoms. The topological polar surface area (TPSA) is 75.6 Å². The number of nitrogens with zero attached hydrogens (tertiary/aromatic N) is 4. The van der Waals surface area contributed by atoms with Gasteiger partial charge in [0, 0.05) is 31.8 Å². The van der Waals surface area contributed by atoms with Crippen LogP contribution in [0.4, 0.5) is 13.2 Å². The molecule has 3 heterocycles. The van der Waals surface area contributed by atoms with Crippen molar-refractivity contribution in [3.63, 3.8) is 0 Å². The fourth-order valence-corrected chi connectivity index (χ4v) is 4.68. The minimum Gasteiger partial charge on any atom is -0.471 e. The Kier molecular flexibility index (Phi) is 5.91. The van der Waals surface area contributed by atoms with Gasteiger partial charge < -0.3 is 14.5 Å². The molecule has 2 aliphatic heterocycles. The summed E-state index contributed by atoms with van der Waals surface area (Å²) < 4.78 is 45.0. The molecule has 2 saturated heterocycles. The standard InChI is InChI=1S/C24H25F3N4O3/c25-24(26,27)17-3-1-2-15(8-17)9-23(33)30-7-6-22(32)31-14-19(10-18(31)13-30)34-21-12-28-20(11-29-21)16-4-5-16/h1-3,8,11-12,16,18-19H,4-7,9-10,13-14H2/t18-,19+/m0/s1. The average Bonchev–Trinajstić information content (AvgIpc) is 3.59. The number of hydrogen-bond acceptors (Lipinski definition) is 5. The molecule has 5 rings (SSSR count). The SMILES string of the molecule is O=C(Cc1cccc(C(F)(F)F)c1)N1CCC(=O)N2C[C@H](Oc3cnc(C4CC4)cn3)C[C@H]2C1. The Morgan fingerprint density at radius 1 is 1.15 bits per heavy atom. The van der Waals surface area contributed by atoms with Crippen molar-refractivity contribution < 1.29 is 27.5 Å². The van der Waals surface area contributed by atoms with Crippen molar-refractivity contribution in [2.24, 2.45) is 0 Å². The van der Waals surface area contributed by atoms with E-state index in [0.29, 0.717) is 36.9 Å². The van der Waals surface area contributed by atoms with Gasteiger partial charge in [0.15, 0.2) is 0 Å². The quantitative estimate of drug-likeness (QED) is 0.666. The zero-order chi connectivity index (χ0) is 23.9. The first-order valence-corrected chi connectivity index (χ1v) is 11.5. The predicted molar refractivity (Wildman–Crippen MR) is 115 cm³/mol. The van der Waals surface area contributed by atoms with Gasteiger partial charge in [0.1, 0.15) is 6.10 Å². The van der Waals surface area contributed by atoms with Crippen LogP contribution >= 0.6 is 0 Å². The summed E-state index contributed by atoms with van der Waals surface area (Å²) in [6, 6.07) is 4.60. The lowest BCUT2D eigenvalue weighted by Crippen LogP contribution is -2.41. The summed E-state index contributed by atoms with van der Waals surface area (Å²) in [6.07, 6.45) is 1.48. The Morgan fingerprint density at radius 2 is 1.97 bits per heavy atom. The van der Waals surface area contributed by atoms with Crippen LogP contribution in [0.15, 0.2) is 36.7 Å². The van der Waals surface area contributed by atoms with E-state index in [9.17, 15) is 22.8 Å². The first-order valence-electron chi connectivity index (χ1n) is 11.5. The Hall–Kier alpha value is -3.17. The first kappa shape index (κ1) is 22.6. The van der Waals surface area contributed by atoms with Crippen LogP contribution in [0, 0.1) is 0 Å². The lowest BCUT2D eigenvalue weighted by Gasteiger charge is -2.25. The number of hydrogen-bond donors (Lipinski definition) is 0. The maximum atomic E-state index is 13.0. The van der Waals surface area contributed by atoms with E-state index < -0.39 is 11.7 Å². The number of ether oxygens (including phenoxy) is 1. The van der Waals surface area contributed by atoms with Gasteiger partial charge in [-0.3, -0.25) is 14.6 Å². The van der Waals surface area contributed by atoms with Gasteiger partial charge in [0.05, 0.1) is 42.7 Å². The molecule has 1 aliphatic carbocycles. The fourth-order valence-electron chi connectivity index (χ4n) is 4.68. The van der Waals surface area contributed by atoms with Gasteiger partial charge in [-0.2, -0.15) is 13.2 Å². The normalized spacial score (nSPS) is 23.0. The van der Waals surface area contributed by atoms with Crippen LogP contribution in [0.25, 0.3) is 0 Å². The molecule has 0 N–H and O–H groups in total. The highest BCUT2D eigenvalue weighted by molar-refractivity contribution is 5.82. The van der Waals surface area contributed by atoms with Crippen LogP contribution < -0.4 is 4.74 Å². The minimum atomic E-state index is -4.46. The van der Waals surface area contributed by atoms with E-state index in [2.05, 4.69) is 9.97 Å². The lowest BCUT2D eigenvalue weighted by atomic mass is 10.1. The second kappa shape index (κ2) is 8.88. The number of fused-ring (bicyclic) bond motifs is 1. The van der Waals surface area contributed by atoms with Crippen molar-refractivity contribution in [2.45, 2.75) is 56.3 Å². The number of halogens is 3. The highest BCUT2D eigenvalue weighted by Gasteiger charge is 2.40. The molecular weight excluding hydrogens is 449 g/mol. The van der Waals surface area contributed by atoms with Crippen molar-refractivity contribution >= 4 is 11.8 Å². The van der Waals surface area contributed by atoms with Gasteiger partial charge in [-0.25, -0.2) is 4.98 Å². The summed E-state index contributed by atoms with van der Waals surface area (Å²) in [5.41, 5.74) is 0.491. The number of alkyl halides is 3. The molecule has 0 bridgehead atoms. The number of carbonyl (C=O) groups excluding carboxylic acids is 2. The zero-order valence-corrected chi connectivity index (χ0v) is 18.5. The molecular formula is C24H25F3N4O3. The predicted octanol–water partition coefficient (Wildman–Crippen LogP) is 3.20. The molecule has 10 heteroatoms. The Bertz CT molecular complexity index is 1070. The van der Waals surface area contributed by atoms with E-state index >= 15 is 0 Å². The molecule has 1 saturated carbocycles. The molecule has 1 aromatic carbocycles. The summed E-state index contributed by atoms with van der Waals surface area (Å²) >= 11 is 0. The van der Waals surface area contributed by atoms with E-state index in [4.69, 9.17) is 4.74 Å². The van der Waals surface area contributed by atoms with Crippen LogP contribution in [0.3, 0.4) is 0 Å². The van der Waals surface area contributed by atoms with E-state index in [1.807, 2.05) is 0 Å². The number of amides is 2. The smallest absolute Gasteiger partial charge is 0.416 e. The molecule has 0 spiro atoms. The van der Waals surface area contributed by atoms with Crippen LogP contribution in [0.2, 0.25) is 0 Å². The van der Waals surface area contributed by atoms with Crippen LogP contribution in [-0.2, 0) is 22.2 Å². The number of rotatable bonds is 5. The molecule has 3 aliphatic rings. The molecule has 7 nitrogen and oxygen atoms in total. The second-order valence-electron chi connectivity index (χ2n) is 9.19. The highest BCUT2D eigenvalue weighted by atomic mass is 19.4. The van der Waals surface area contributed by atoms with Crippen LogP contribution in [-0.4, -0.2) is 63.4 Å². The van der Waals surface area contributed by atoms with Gasteiger partial charge in [-0.05, 0) is 24.5 Å². The third kappa shape index (κ3) is 5.00. The van der Waals surface area contributed by atoms with Gasteiger partial charge in [-0.1, -0.05) is 18.2 Å². The number of benzene rings is 1. The van der Waals surface area contributed by atoms with E-state index in [-0.39, 0.29) is 43.3 Å². The molecule has 2 atom stereocenters. The molecule has 0 radical (unpaired) electrons. The van der Waals surface area contributed by atoms with Crippen molar-refractivity contribution in [3.05, 3.63) is 53.5 Å². The Labute approximate surface area is 194 Å². The number of aromatic nitrogens is 2. The molecule has 3 fully saturated rings. The van der Waals surface area contributed by atoms with Crippen molar-refractivity contribution in [1.29, 1.82) is 0 Å². The molecule has 0 unspecified atom stereocenters. The second-order valence-corrected chi connectivity index (χ2v) is 9.19. The maximum Gasteiger partial charge on any atom is 0.416 e. The molecule has 2 amide bonds. The highest BCUT2D eigenvalue weighted by Crippen LogP contribution is 2.38. The van der Waals surface area contributed by atoms with Gasteiger partial charge in [0.25, 0.3) is 0 Å². The monoisotopic (exact) mass is 474 g/mol. The zero-order valence-electron chi connectivity index (χ0n) is 18.5. The van der Waals surface area contributed by atoms with E-state index in [1.54, 1.807) is 22.2 Å². The summed E-state index contributed by atoms with van der Waals surface area (Å²) in [5.74, 6) is 0.570. The largest absolute Gasteiger partial charge is 0.471 e. The third-order valence-electron chi connectivity index (χ3n) is 6.62. The van der Waals surface area contributed by atoms with E-state index in [1.165, 1.54) is 12.1 Å². The van der Waals surface area contributed by atoms with Gasteiger partial charge in [-0.15, -0.1) is 0 Å². The fraction of sp³-hybridized carbons (Fsp3) is 0.500. The molecule has 1 aromatic heterocycles. The number of carbonyl (C=O) groups is 2. The summed E-state index contributed by atoms with van der Waals surface area (Å²) in [4.78, 5) is 37.7. The minimum absolute atomic E-state index is 0.0550. The summed E-state index contributed by atoms with van der Waals surface area (Å²) in [7, 11) is 0. The molecule has 180 valence electrons. The molecule has 2 aromatic rings. The van der Waals surface area contributed by atoms with Crippen LogP contribution in [0.1, 0.15) is 48.4 Å². The summed E-state index contributed by atoms with van der Waals surface area (Å²) in [5, 5.41) is 0. The lowest BCUT2D eigenvalue weighted by molar-refractivity contribution is -0.138. The van der Waals surface area contributed by atoms with Crippen molar-refractivity contribution in [3.8, 4) is 5.88 Å². The first-order chi connectivity index (χ1) is 16.3. The van der Waals surface area contributed by atoms with Crippen molar-refractivity contribution in [1.82, 2.24) is 19.8 Å².